The highest BCUT2D eigenvalue weighted by atomic mass is 16.1. The number of amides is 1. The number of rotatable bonds is 6. The minimum Gasteiger partial charge on any atom is -0.368 e. The lowest BCUT2D eigenvalue weighted by Gasteiger charge is -2.42. The minimum atomic E-state index is -0.568. The number of carbonyl (C=O) groups excluding carboxylic acids is 1. The van der Waals surface area contributed by atoms with Crippen LogP contribution >= 0.6 is 0 Å². The number of piperidine rings is 1. The zero-order valence-electron chi connectivity index (χ0n) is 12.7. The van der Waals surface area contributed by atoms with Crippen LogP contribution in [0.5, 0.6) is 0 Å². The number of likely N-dealkylation sites (tertiary alicyclic amines) is 1. The average Bonchev–Trinajstić information content (AvgIpc) is 3.16. The summed E-state index contributed by atoms with van der Waals surface area (Å²) in [7, 11) is 0. The molecule has 1 aliphatic heterocycles. The van der Waals surface area contributed by atoms with E-state index in [9.17, 15) is 4.79 Å². The first-order valence-electron chi connectivity index (χ1n) is 7.67. The summed E-state index contributed by atoms with van der Waals surface area (Å²) in [4.78, 5) is 14.2. The summed E-state index contributed by atoms with van der Waals surface area (Å²) in [6.45, 7) is 9.52. The standard InChI is InChI=1S/C15H29N3O/c1-4-14(2)7-9-18(10-8-14)11-15(3,13(16)19)17-12-5-6-12/h12,17H,4-11H2,1-3H3,(H2,16,19). The van der Waals surface area contributed by atoms with Crippen LogP contribution in [0.1, 0.15) is 52.9 Å². The SMILES string of the molecule is CCC1(C)CCN(CC(C)(NC2CC2)C(N)=O)CC1. The fourth-order valence-electron chi connectivity index (χ4n) is 2.92. The Balaban J connectivity index is 1.90. The molecule has 0 aromatic rings. The lowest BCUT2D eigenvalue weighted by Crippen LogP contribution is -2.61. The van der Waals surface area contributed by atoms with Gasteiger partial charge in [0, 0.05) is 12.6 Å². The summed E-state index contributed by atoms with van der Waals surface area (Å²) in [5.74, 6) is -0.219. The van der Waals surface area contributed by atoms with Gasteiger partial charge in [0.25, 0.3) is 0 Å². The van der Waals surface area contributed by atoms with Crippen LogP contribution in [0.15, 0.2) is 0 Å². The van der Waals surface area contributed by atoms with Crippen LogP contribution in [0, 0.1) is 5.41 Å². The molecule has 1 amide bonds. The fraction of sp³-hybridized carbons (Fsp3) is 0.933. The zero-order chi connectivity index (χ0) is 14.1. The lowest BCUT2D eigenvalue weighted by molar-refractivity contribution is -0.125. The highest BCUT2D eigenvalue weighted by molar-refractivity contribution is 5.84. The molecule has 4 heteroatoms. The van der Waals surface area contributed by atoms with Gasteiger partial charge in [0.05, 0.1) is 0 Å². The van der Waals surface area contributed by atoms with E-state index in [-0.39, 0.29) is 5.91 Å². The van der Waals surface area contributed by atoms with Crippen molar-refractivity contribution < 1.29 is 4.79 Å². The van der Waals surface area contributed by atoms with Gasteiger partial charge in [0.2, 0.25) is 5.91 Å². The second-order valence-corrected chi connectivity index (χ2v) is 7.06. The Morgan fingerprint density at radius 2 is 2.00 bits per heavy atom. The van der Waals surface area contributed by atoms with E-state index in [4.69, 9.17) is 5.73 Å². The van der Waals surface area contributed by atoms with Gasteiger partial charge in [-0.25, -0.2) is 0 Å². The van der Waals surface area contributed by atoms with Crippen molar-refractivity contribution in [1.82, 2.24) is 10.2 Å². The summed E-state index contributed by atoms with van der Waals surface area (Å²) in [5.41, 5.74) is 5.54. The van der Waals surface area contributed by atoms with E-state index in [0.29, 0.717) is 11.5 Å². The van der Waals surface area contributed by atoms with Crippen LogP contribution in [0.4, 0.5) is 0 Å². The van der Waals surface area contributed by atoms with Crippen LogP contribution in [0.2, 0.25) is 0 Å². The Kier molecular flexibility index (Phi) is 4.21. The molecule has 1 unspecified atom stereocenters. The van der Waals surface area contributed by atoms with Crippen molar-refractivity contribution in [3.63, 3.8) is 0 Å². The first-order chi connectivity index (χ1) is 8.87. The highest BCUT2D eigenvalue weighted by Gasteiger charge is 2.39. The molecule has 0 bridgehead atoms. The van der Waals surface area contributed by atoms with Crippen LogP contribution < -0.4 is 11.1 Å². The Labute approximate surface area is 117 Å². The third-order valence-corrected chi connectivity index (χ3v) is 5.10. The van der Waals surface area contributed by atoms with E-state index < -0.39 is 5.54 Å². The van der Waals surface area contributed by atoms with Gasteiger partial charge < -0.3 is 10.6 Å². The summed E-state index contributed by atoms with van der Waals surface area (Å²) < 4.78 is 0. The molecule has 1 saturated carbocycles. The van der Waals surface area contributed by atoms with Crippen molar-refractivity contribution in [2.24, 2.45) is 11.1 Å². The maximum absolute atomic E-state index is 11.8. The molecule has 1 atom stereocenters. The van der Waals surface area contributed by atoms with Crippen molar-refractivity contribution in [3.05, 3.63) is 0 Å². The molecule has 1 aliphatic carbocycles. The summed E-state index contributed by atoms with van der Waals surface area (Å²) in [5, 5.41) is 3.43. The van der Waals surface area contributed by atoms with Crippen LogP contribution in [-0.4, -0.2) is 42.0 Å². The predicted molar refractivity (Wildman–Crippen MR) is 77.8 cm³/mol. The Hall–Kier alpha value is -0.610. The number of nitrogens with two attached hydrogens (primary N) is 1. The van der Waals surface area contributed by atoms with Gasteiger partial charge in [0.1, 0.15) is 5.54 Å². The normalized spacial score (nSPS) is 26.9. The third kappa shape index (κ3) is 3.69. The maximum Gasteiger partial charge on any atom is 0.238 e. The Morgan fingerprint density at radius 1 is 1.42 bits per heavy atom. The Bertz CT molecular complexity index is 332. The predicted octanol–water partition coefficient (Wildman–Crippen LogP) is 1.49. The highest BCUT2D eigenvalue weighted by Crippen LogP contribution is 2.34. The van der Waals surface area contributed by atoms with Gasteiger partial charge in [-0.1, -0.05) is 20.3 Å². The van der Waals surface area contributed by atoms with Crippen molar-refractivity contribution in [1.29, 1.82) is 0 Å². The molecule has 0 aromatic carbocycles. The molecular formula is C15H29N3O. The number of hydrogen-bond acceptors (Lipinski definition) is 3. The molecule has 2 fully saturated rings. The molecule has 2 rings (SSSR count). The number of hydrogen-bond donors (Lipinski definition) is 2. The van der Waals surface area contributed by atoms with E-state index in [1.54, 1.807) is 0 Å². The molecule has 0 radical (unpaired) electrons. The zero-order valence-corrected chi connectivity index (χ0v) is 12.7. The number of nitrogens with zero attached hydrogens (tertiary/aromatic N) is 1. The Morgan fingerprint density at radius 3 is 2.42 bits per heavy atom. The lowest BCUT2D eigenvalue weighted by atomic mass is 9.78. The molecule has 110 valence electrons. The van der Waals surface area contributed by atoms with Gasteiger partial charge >= 0.3 is 0 Å². The van der Waals surface area contributed by atoms with E-state index >= 15 is 0 Å². The van der Waals surface area contributed by atoms with Crippen molar-refractivity contribution in [2.75, 3.05) is 19.6 Å². The molecule has 1 heterocycles. The topological polar surface area (TPSA) is 58.4 Å². The summed E-state index contributed by atoms with van der Waals surface area (Å²) in [6.07, 6.45) is 6.05. The van der Waals surface area contributed by atoms with E-state index in [0.717, 1.165) is 19.6 Å². The van der Waals surface area contributed by atoms with Crippen molar-refractivity contribution in [2.45, 2.75) is 64.5 Å². The monoisotopic (exact) mass is 267 g/mol. The van der Waals surface area contributed by atoms with Gasteiger partial charge in [-0.05, 0) is 51.1 Å². The molecule has 0 aromatic heterocycles. The molecule has 2 aliphatic rings. The first-order valence-corrected chi connectivity index (χ1v) is 7.67. The average molecular weight is 267 g/mol. The maximum atomic E-state index is 11.8. The molecule has 3 N–H and O–H groups in total. The molecule has 0 spiro atoms. The van der Waals surface area contributed by atoms with E-state index in [1.807, 2.05) is 6.92 Å². The van der Waals surface area contributed by atoms with Gasteiger partial charge in [0.15, 0.2) is 0 Å². The van der Waals surface area contributed by atoms with Gasteiger partial charge in [-0.3, -0.25) is 10.1 Å². The largest absolute Gasteiger partial charge is 0.368 e. The van der Waals surface area contributed by atoms with Gasteiger partial charge in [-0.2, -0.15) is 0 Å². The van der Waals surface area contributed by atoms with E-state index in [1.165, 1.54) is 32.1 Å². The second kappa shape index (κ2) is 5.41. The second-order valence-electron chi connectivity index (χ2n) is 7.06. The molecular weight excluding hydrogens is 238 g/mol. The summed E-state index contributed by atoms with van der Waals surface area (Å²) in [6, 6.07) is 0.503. The quantitative estimate of drug-likeness (QED) is 0.766. The molecule has 1 saturated heterocycles. The molecule has 19 heavy (non-hydrogen) atoms. The van der Waals surface area contributed by atoms with Crippen molar-refractivity contribution >= 4 is 5.91 Å². The minimum absolute atomic E-state index is 0.219. The summed E-state index contributed by atoms with van der Waals surface area (Å²) >= 11 is 0. The third-order valence-electron chi connectivity index (χ3n) is 5.10. The number of nitrogens with one attached hydrogen (secondary N) is 1. The number of primary amides is 1. The fourth-order valence-corrected chi connectivity index (χ4v) is 2.92. The van der Waals surface area contributed by atoms with Crippen LogP contribution in [0.25, 0.3) is 0 Å². The smallest absolute Gasteiger partial charge is 0.238 e. The van der Waals surface area contributed by atoms with Crippen LogP contribution in [0.3, 0.4) is 0 Å². The molecule has 4 nitrogen and oxygen atoms in total. The van der Waals surface area contributed by atoms with Crippen LogP contribution in [-0.2, 0) is 4.79 Å². The number of carbonyl (C=O) groups is 1. The van der Waals surface area contributed by atoms with Crippen molar-refractivity contribution in [3.8, 4) is 0 Å². The van der Waals surface area contributed by atoms with Gasteiger partial charge in [-0.15, -0.1) is 0 Å². The van der Waals surface area contributed by atoms with E-state index in [2.05, 4.69) is 24.1 Å². The first kappa shape index (κ1) is 14.8.